The first-order valence-corrected chi connectivity index (χ1v) is 10.5. The molecule has 0 aliphatic rings. The van der Waals surface area contributed by atoms with Crippen LogP contribution in [0.5, 0.6) is 5.75 Å². The van der Waals surface area contributed by atoms with E-state index in [-0.39, 0.29) is 17.1 Å². The summed E-state index contributed by atoms with van der Waals surface area (Å²) in [7, 11) is 1.63. The van der Waals surface area contributed by atoms with Gasteiger partial charge in [0.2, 0.25) is 11.8 Å². The lowest BCUT2D eigenvalue weighted by molar-refractivity contribution is -0.113. The van der Waals surface area contributed by atoms with Crippen LogP contribution in [0, 0.1) is 0 Å². The third-order valence-corrected chi connectivity index (χ3v) is 5.38. The van der Waals surface area contributed by atoms with E-state index in [2.05, 4.69) is 41.3 Å². The number of amides is 1. The van der Waals surface area contributed by atoms with Crippen LogP contribution >= 0.6 is 23.1 Å². The van der Waals surface area contributed by atoms with Crippen molar-refractivity contribution in [3.8, 4) is 5.75 Å². The first-order valence-electron chi connectivity index (χ1n) is 8.67. The summed E-state index contributed by atoms with van der Waals surface area (Å²) in [5.41, 5.74) is 1.95. The van der Waals surface area contributed by atoms with Crippen molar-refractivity contribution in [2.45, 2.75) is 37.8 Å². The molecule has 9 heteroatoms. The number of benzene rings is 1. The molecule has 2 heterocycles. The summed E-state index contributed by atoms with van der Waals surface area (Å²) in [6.45, 7) is 6.26. The van der Waals surface area contributed by atoms with E-state index in [1.165, 1.54) is 23.1 Å². The molecule has 0 aliphatic carbocycles. The zero-order valence-electron chi connectivity index (χ0n) is 16.2. The molecular weight excluding hydrogens is 396 g/mol. The molecule has 0 saturated heterocycles. The summed E-state index contributed by atoms with van der Waals surface area (Å²) in [4.78, 5) is 16.6. The number of aromatic nitrogens is 3. The fourth-order valence-electron chi connectivity index (χ4n) is 2.24. The number of anilines is 1. The second-order valence-electron chi connectivity index (χ2n) is 7.11. The van der Waals surface area contributed by atoms with E-state index in [0.717, 1.165) is 17.0 Å². The number of ether oxygens (including phenoxy) is 1. The Kier molecular flexibility index (Phi) is 6.35. The van der Waals surface area contributed by atoms with Crippen LogP contribution in [0.1, 0.15) is 37.9 Å². The van der Waals surface area contributed by atoms with E-state index in [0.29, 0.717) is 22.7 Å². The Morgan fingerprint density at radius 3 is 2.64 bits per heavy atom. The molecule has 0 bridgehead atoms. The molecule has 2 aromatic heterocycles. The molecule has 1 amide bonds. The first-order chi connectivity index (χ1) is 13.3. The van der Waals surface area contributed by atoms with Gasteiger partial charge in [0.25, 0.3) is 5.22 Å². The van der Waals surface area contributed by atoms with Gasteiger partial charge in [-0.3, -0.25) is 4.79 Å². The molecule has 3 rings (SSSR count). The molecule has 0 aliphatic heterocycles. The van der Waals surface area contributed by atoms with Crippen molar-refractivity contribution in [1.29, 1.82) is 0 Å². The highest BCUT2D eigenvalue weighted by Crippen LogP contribution is 2.26. The zero-order valence-corrected chi connectivity index (χ0v) is 17.8. The van der Waals surface area contributed by atoms with Crippen molar-refractivity contribution < 1.29 is 13.9 Å². The van der Waals surface area contributed by atoms with Gasteiger partial charge >= 0.3 is 0 Å². The van der Waals surface area contributed by atoms with Gasteiger partial charge in [-0.25, -0.2) is 4.98 Å². The maximum atomic E-state index is 12.1. The number of carbonyl (C=O) groups excluding carboxylic acids is 1. The van der Waals surface area contributed by atoms with E-state index in [9.17, 15) is 4.79 Å². The number of rotatable bonds is 7. The van der Waals surface area contributed by atoms with Gasteiger partial charge in [-0.15, -0.1) is 21.5 Å². The van der Waals surface area contributed by atoms with Crippen LogP contribution in [-0.2, 0) is 16.6 Å². The lowest BCUT2D eigenvalue weighted by Crippen LogP contribution is -2.15. The van der Waals surface area contributed by atoms with Gasteiger partial charge in [0.05, 0.1) is 25.0 Å². The molecular formula is C19H22N4O3S2. The van der Waals surface area contributed by atoms with Crippen molar-refractivity contribution in [3.63, 3.8) is 0 Å². The number of methoxy groups -OCH3 is 1. The summed E-state index contributed by atoms with van der Waals surface area (Å²) in [5.74, 6) is 1.32. The Balaban J connectivity index is 1.49. The van der Waals surface area contributed by atoms with Crippen LogP contribution in [-0.4, -0.2) is 34.0 Å². The number of hydrogen-bond donors (Lipinski definition) is 1. The molecule has 148 valence electrons. The largest absolute Gasteiger partial charge is 0.497 e. The minimum Gasteiger partial charge on any atom is -0.497 e. The molecule has 28 heavy (non-hydrogen) atoms. The number of nitrogens with one attached hydrogen (secondary N) is 1. The molecule has 1 N–H and O–H groups in total. The van der Waals surface area contributed by atoms with Crippen LogP contribution in [0.3, 0.4) is 0 Å². The highest BCUT2D eigenvalue weighted by atomic mass is 32.2. The lowest BCUT2D eigenvalue weighted by Gasteiger charge is -2.14. The lowest BCUT2D eigenvalue weighted by atomic mass is 9.93. The maximum absolute atomic E-state index is 12.1. The Morgan fingerprint density at radius 2 is 2.00 bits per heavy atom. The van der Waals surface area contributed by atoms with Crippen LogP contribution in [0.2, 0.25) is 0 Å². The second kappa shape index (κ2) is 8.74. The average Bonchev–Trinajstić information content (AvgIpc) is 3.30. The Bertz CT molecular complexity index is 929. The number of carbonyl (C=O) groups is 1. The molecule has 7 nitrogen and oxygen atoms in total. The molecule has 0 atom stereocenters. The van der Waals surface area contributed by atoms with Gasteiger partial charge in [0, 0.05) is 10.8 Å². The fourth-order valence-corrected chi connectivity index (χ4v) is 3.78. The van der Waals surface area contributed by atoms with Gasteiger partial charge < -0.3 is 14.5 Å². The van der Waals surface area contributed by atoms with Gasteiger partial charge in [0.15, 0.2) is 5.13 Å². The molecule has 0 radical (unpaired) electrons. The van der Waals surface area contributed by atoms with E-state index in [1.807, 2.05) is 29.6 Å². The molecule has 0 saturated carbocycles. The predicted molar refractivity (Wildman–Crippen MR) is 110 cm³/mol. The minimum atomic E-state index is -0.158. The van der Waals surface area contributed by atoms with E-state index in [1.54, 1.807) is 7.11 Å². The SMILES string of the molecule is COc1ccc(Cc2nnc(SCC(=O)Nc3nc(C(C)(C)C)cs3)o2)cc1. The second-order valence-corrected chi connectivity index (χ2v) is 8.90. The summed E-state index contributed by atoms with van der Waals surface area (Å²) < 4.78 is 10.8. The molecule has 3 aromatic rings. The van der Waals surface area contributed by atoms with Gasteiger partial charge in [-0.1, -0.05) is 44.7 Å². The van der Waals surface area contributed by atoms with Crippen LogP contribution < -0.4 is 10.1 Å². The summed E-state index contributed by atoms with van der Waals surface area (Å²) in [6.07, 6.45) is 0.526. The number of thiazole rings is 1. The zero-order chi connectivity index (χ0) is 20.1. The highest BCUT2D eigenvalue weighted by Gasteiger charge is 2.18. The van der Waals surface area contributed by atoms with Crippen molar-refractivity contribution in [3.05, 3.63) is 46.8 Å². The monoisotopic (exact) mass is 418 g/mol. The van der Waals surface area contributed by atoms with E-state index >= 15 is 0 Å². The third kappa shape index (κ3) is 5.56. The molecule has 0 unspecified atom stereocenters. The third-order valence-electron chi connectivity index (χ3n) is 3.81. The number of thioether (sulfide) groups is 1. The van der Waals surface area contributed by atoms with Gasteiger partial charge in [-0.2, -0.15) is 0 Å². The van der Waals surface area contributed by atoms with Crippen LogP contribution in [0.25, 0.3) is 0 Å². The van der Waals surface area contributed by atoms with Crippen molar-refractivity contribution in [2.75, 3.05) is 18.2 Å². The summed E-state index contributed by atoms with van der Waals surface area (Å²) in [6, 6.07) is 7.66. The molecule has 1 aromatic carbocycles. The average molecular weight is 419 g/mol. The maximum Gasteiger partial charge on any atom is 0.277 e. The summed E-state index contributed by atoms with van der Waals surface area (Å²) >= 11 is 2.62. The standard InChI is InChI=1S/C19H22N4O3S2/c1-19(2,3)14-10-27-17(20-14)21-15(24)11-28-18-23-22-16(26-18)9-12-5-7-13(25-4)8-6-12/h5-8,10H,9,11H2,1-4H3,(H,20,21,24). The topological polar surface area (TPSA) is 90.1 Å². The quantitative estimate of drug-likeness (QED) is 0.576. The van der Waals surface area contributed by atoms with E-state index < -0.39 is 0 Å². The fraction of sp³-hybridized carbons (Fsp3) is 0.368. The van der Waals surface area contributed by atoms with Gasteiger partial charge in [0.1, 0.15) is 5.75 Å². The minimum absolute atomic E-state index is 0.0434. The highest BCUT2D eigenvalue weighted by molar-refractivity contribution is 7.99. The number of hydrogen-bond acceptors (Lipinski definition) is 8. The van der Waals surface area contributed by atoms with Gasteiger partial charge in [-0.05, 0) is 17.7 Å². The molecule has 0 spiro atoms. The smallest absolute Gasteiger partial charge is 0.277 e. The Morgan fingerprint density at radius 1 is 1.25 bits per heavy atom. The van der Waals surface area contributed by atoms with Crippen molar-refractivity contribution >= 4 is 34.1 Å². The first kappa shape index (κ1) is 20.3. The predicted octanol–water partition coefficient (Wildman–Crippen LogP) is 4.15. The Labute approximate surface area is 171 Å². The van der Waals surface area contributed by atoms with E-state index in [4.69, 9.17) is 9.15 Å². The Hall–Kier alpha value is -2.39. The van der Waals surface area contributed by atoms with Crippen molar-refractivity contribution in [1.82, 2.24) is 15.2 Å². The van der Waals surface area contributed by atoms with Crippen LogP contribution in [0.15, 0.2) is 39.3 Å². The molecule has 0 fully saturated rings. The summed E-state index contributed by atoms with van der Waals surface area (Å²) in [5, 5.41) is 13.8. The van der Waals surface area contributed by atoms with Crippen molar-refractivity contribution in [2.24, 2.45) is 0 Å². The normalized spacial score (nSPS) is 11.4. The van der Waals surface area contributed by atoms with Crippen LogP contribution in [0.4, 0.5) is 5.13 Å². The number of nitrogens with zero attached hydrogens (tertiary/aromatic N) is 3.